The topological polar surface area (TPSA) is 29.9 Å². The number of halogens is 2. The Kier molecular flexibility index (Phi) is 4.64. The summed E-state index contributed by atoms with van der Waals surface area (Å²) in [5.41, 5.74) is 1.07. The van der Waals surface area contributed by atoms with E-state index in [1.54, 1.807) is 6.07 Å². The second-order valence-corrected chi connectivity index (χ2v) is 4.97. The maximum atomic E-state index is 5.99. The van der Waals surface area contributed by atoms with Crippen molar-refractivity contribution in [2.45, 2.75) is 13.0 Å². The van der Waals surface area contributed by atoms with Crippen molar-refractivity contribution in [2.75, 3.05) is 13.6 Å². The molecule has 1 heterocycles. The molecule has 0 fully saturated rings. The van der Waals surface area contributed by atoms with Crippen molar-refractivity contribution in [3.8, 4) is 0 Å². The molecule has 0 saturated heterocycles. The van der Waals surface area contributed by atoms with E-state index in [9.17, 15) is 0 Å². The molecule has 0 aliphatic rings. The molecule has 3 nitrogen and oxygen atoms in total. The lowest BCUT2D eigenvalue weighted by molar-refractivity contribution is 0.621. The van der Waals surface area contributed by atoms with Crippen molar-refractivity contribution < 1.29 is 0 Å². The first-order valence-corrected chi connectivity index (χ1v) is 6.54. The molecule has 2 aromatic rings. The molecule has 96 valence electrons. The molecule has 2 rings (SSSR count). The monoisotopic (exact) mass is 283 g/mol. The van der Waals surface area contributed by atoms with Crippen LogP contribution >= 0.6 is 23.2 Å². The minimum Gasteiger partial charge on any atom is -0.333 e. The van der Waals surface area contributed by atoms with Gasteiger partial charge < -0.3 is 9.88 Å². The van der Waals surface area contributed by atoms with Gasteiger partial charge in [-0.25, -0.2) is 4.98 Å². The smallest absolute Gasteiger partial charge is 0.113 e. The lowest BCUT2D eigenvalue weighted by atomic mass is 10.1. The molecule has 0 bridgehead atoms. The van der Waals surface area contributed by atoms with Crippen molar-refractivity contribution in [3.63, 3.8) is 0 Å². The van der Waals surface area contributed by atoms with E-state index in [2.05, 4.69) is 14.9 Å². The van der Waals surface area contributed by atoms with Gasteiger partial charge >= 0.3 is 0 Å². The lowest BCUT2D eigenvalue weighted by Gasteiger charge is -2.08. The minimum atomic E-state index is 0.658. The van der Waals surface area contributed by atoms with Gasteiger partial charge in [0.15, 0.2) is 0 Å². The highest BCUT2D eigenvalue weighted by atomic mass is 35.5. The zero-order valence-electron chi connectivity index (χ0n) is 10.2. The molecule has 18 heavy (non-hydrogen) atoms. The number of nitrogens with one attached hydrogen (secondary N) is 1. The van der Waals surface area contributed by atoms with Crippen LogP contribution in [0, 0.1) is 0 Å². The number of hydrogen-bond acceptors (Lipinski definition) is 2. The SMILES string of the molecule is CNCCn1ccnc1Cc1cc(Cl)cc(Cl)c1. The molecule has 0 spiro atoms. The maximum absolute atomic E-state index is 5.99. The molecule has 0 unspecified atom stereocenters. The molecule has 0 aliphatic heterocycles. The van der Waals surface area contributed by atoms with E-state index in [1.165, 1.54) is 0 Å². The Morgan fingerprint density at radius 3 is 2.61 bits per heavy atom. The predicted octanol–water partition coefficient (Wildman–Crippen LogP) is 3.00. The van der Waals surface area contributed by atoms with Gasteiger partial charge in [-0.15, -0.1) is 0 Å². The molecule has 0 saturated carbocycles. The van der Waals surface area contributed by atoms with E-state index in [1.807, 2.05) is 31.6 Å². The third-order valence-electron chi connectivity index (χ3n) is 2.69. The van der Waals surface area contributed by atoms with Crippen LogP contribution in [0.1, 0.15) is 11.4 Å². The Bertz CT molecular complexity index is 502. The normalized spacial score (nSPS) is 10.8. The maximum Gasteiger partial charge on any atom is 0.113 e. The summed E-state index contributed by atoms with van der Waals surface area (Å²) >= 11 is 12.0. The Hall–Kier alpha value is -1.03. The van der Waals surface area contributed by atoms with E-state index in [4.69, 9.17) is 23.2 Å². The van der Waals surface area contributed by atoms with Crippen molar-refractivity contribution in [1.29, 1.82) is 0 Å². The Balaban J connectivity index is 2.15. The standard InChI is InChI=1S/C13H15Cl2N3/c1-16-2-4-18-5-3-17-13(18)8-10-6-11(14)9-12(15)7-10/h3,5-7,9,16H,2,4,8H2,1H3. The number of hydrogen-bond donors (Lipinski definition) is 1. The molecule has 0 radical (unpaired) electrons. The van der Waals surface area contributed by atoms with Gasteiger partial charge in [-0.1, -0.05) is 23.2 Å². The largest absolute Gasteiger partial charge is 0.333 e. The van der Waals surface area contributed by atoms with Crippen LogP contribution in [0.4, 0.5) is 0 Å². The highest BCUT2D eigenvalue weighted by Crippen LogP contribution is 2.20. The first-order chi connectivity index (χ1) is 8.69. The van der Waals surface area contributed by atoms with Gasteiger partial charge in [0.25, 0.3) is 0 Å². The first-order valence-electron chi connectivity index (χ1n) is 5.78. The van der Waals surface area contributed by atoms with E-state index in [0.29, 0.717) is 10.0 Å². The van der Waals surface area contributed by atoms with Gasteiger partial charge in [0.05, 0.1) is 0 Å². The summed E-state index contributed by atoms with van der Waals surface area (Å²) in [5, 5.41) is 4.44. The summed E-state index contributed by atoms with van der Waals surface area (Å²) in [4.78, 5) is 4.37. The van der Waals surface area contributed by atoms with Crippen LogP contribution in [0.15, 0.2) is 30.6 Å². The van der Waals surface area contributed by atoms with Crippen LogP contribution in [0.2, 0.25) is 10.0 Å². The van der Waals surface area contributed by atoms with E-state index >= 15 is 0 Å². The van der Waals surface area contributed by atoms with E-state index < -0.39 is 0 Å². The third kappa shape index (κ3) is 3.48. The number of rotatable bonds is 5. The number of likely N-dealkylation sites (N-methyl/N-ethyl adjacent to an activating group) is 1. The molecule has 1 N–H and O–H groups in total. The Morgan fingerprint density at radius 2 is 1.94 bits per heavy atom. The van der Waals surface area contributed by atoms with Gasteiger partial charge in [-0.2, -0.15) is 0 Å². The zero-order valence-corrected chi connectivity index (χ0v) is 11.7. The van der Waals surface area contributed by atoms with Crippen molar-refractivity contribution >= 4 is 23.2 Å². The lowest BCUT2D eigenvalue weighted by Crippen LogP contribution is -2.16. The van der Waals surface area contributed by atoms with Crippen LogP contribution in [-0.2, 0) is 13.0 Å². The zero-order chi connectivity index (χ0) is 13.0. The average Bonchev–Trinajstić information content (AvgIpc) is 2.72. The van der Waals surface area contributed by atoms with E-state index in [-0.39, 0.29) is 0 Å². The van der Waals surface area contributed by atoms with Gasteiger partial charge in [0.1, 0.15) is 5.82 Å². The Morgan fingerprint density at radius 1 is 1.22 bits per heavy atom. The van der Waals surface area contributed by atoms with Crippen molar-refractivity contribution in [3.05, 3.63) is 52.0 Å². The summed E-state index contributed by atoms with van der Waals surface area (Å²) in [6, 6.07) is 5.58. The van der Waals surface area contributed by atoms with Crippen LogP contribution in [-0.4, -0.2) is 23.1 Å². The van der Waals surface area contributed by atoms with Gasteiger partial charge in [0, 0.05) is 41.9 Å². The average molecular weight is 284 g/mol. The van der Waals surface area contributed by atoms with Gasteiger partial charge in [-0.05, 0) is 30.8 Å². The number of aromatic nitrogens is 2. The van der Waals surface area contributed by atoms with E-state index in [0.717, 1.165) is 30.9 Å². The van der Waals surface area contributed by atoms with Crippen molar-refractivity contribution in [1.82, 2.24) is 14.9 Å². The first kappa shape index (κ1) is 13.4. The van der Waals surface area contributed by atoms with Gasteiger partial charge in [0.2, 0.25) is 0 Å². The molecule has 1 aromatic heterocycles. The summed E-state index contributed by atoms with van der Waals surface area (Å²) in [5.74, 6) is 1.02. The van der Waals surface area contributed by atoms with Gasteiger partial charge in [-0.3, -0.25) is 0 Å². The van der Waals surface area contributed by atoms with Crippen LogP contribution in [0.3, 0.4) is 0 Å². The van der Waals surface area contributed by atoms with Crippen LogP contribution in [0.25, 0.3) is 0 Å². The molecular weight excluding hydrogens is 269 g/mol. The second-order valence-electron chi connectivity index (χ2n) is 4.09. The quantitative estimate of drug-likeness (QED) is 0.914. The second kappa shape index (κ2) is 6.23. The summed E-state index contributed by atoms with van der Waals surface area (Å²) in [7, 11) is 1.94. The fourth-order valence-electron chi connectivity index (χ4n) is 1.84. The number of benzene rings is 1. The molecule has 0 aliphatic carbocycles. The van der Waals surface area contributed by atoms with Crippen molar-refractivity contribution in [2.24, 2.45) is 0 Å². The summed E-state index contributed by atoms with van der Waals surface area (Å²) < 4.78 is 2.13. The highest BCUT2D eigenvalue weighted by Gasteiger charge is 2.05. The third-order valence-corrected chi connectivity index (χ3v) is 3.13. The molecule has 0 atom stereocenters. The Labute approximate surface area is 117 Å². The fraction of sp³-hybridized carbons (Fsp3) is 0.308. The van der Waals surface area contributed by atoms with Crippen LogP contribution in [0.5, 0.6) is 0 Å². The summed E-state index contributed by atoms with van der Waals surface area (Å²) in [6.45, 7) is 1.82. The highest BCUT2D eigenvalue weighted by molar-refractivity contribution is 6.34. The fourth-order valence-corrected chi connectivity index (χ4v) is 2.41. The molecule has 5 heteroatoms. The number of imidazole rings is 1. The molecule has 1 aromatic carbocycles. The van der Waals surface area contributed by atoms with Crippen LogP contribution < -0.4 is 5.32 Å². The molecule has 0 amide bonds. The molecular formula is C13H15Cl2N3. The summed E-state index contributed by atoms with van der Waals surface area (Å²) in [6.07, 6.45) is 4.53. The minimum absolute atomic E-state index is 0.658. The number of nitrogens with zero attached hydrogens (tertiary/aromatic N) is 2. The predicted molar refractivity (Wildman–Crippen MR) is 75.4 cm³/mol.